The van der Waals surface area contributed by atoms with Gasteiger partial charge in [0.25, 0.3) is 0 Å². The van der Waals surface area contributed by atoms with Crippen LogP contribution in [0.5, 0.6) is 0 Å². The predicted molar refractivity (Wildman–Crippen MR) is 82.2 cm³/mol. The highest BCUT2D eigenvalue weighted by molar-refractivity contribution is 5.09. The number of ether oxygens (including phenoxy) is 3. The van der Waals surface area contributed by atoms with Crippen LogP contribution in [-0.2, 0) is 14.2 Å². The van der Waals surface area contributed by atoms with Gasteiger partial charge in [0, 0.05) is 20.1 Å². The molecular weight excluding hydrogens is 268 g/mol. The molecular formula is C17H30O4. The Bertz CT molecular complexity index is 371. The molecule has 0 aromatic carbocycles. The molecule has 0 bridgehead atoms. The number of hydrogen-bond acceptors (Lipinski definition) is 4. The summed E-state index contributed by atoms with van der Waals surface area (Å²) >= 11 is 0. The van der Waals surface area contributed by atoms with E-state index in [1.165, 1.54) is 5.57 Å². The molecule has 0 aromatic heterocycles. The fourth-order valence-corrected chi connectivity index (χ4v) is 3.82. The summed E-state index contributed by atoms with van der Waals surface area (Å²) in [5, 5.41) is 10.6. The molecule has 2 aliphatic rings. The molecule has 1 heterocycles. The lowest BCUT2D eigenvalue weighted by Crippen LogP contribution is -2.53. The molecule has 6 atom stereocenters. The van der Waals surface area contributed by atoms with Gasteiger partial charge in [0.1, 0.15) is 0 Å². The van der Waals surface area contributed by atoms with Crippen molar-refractivity contribution in [3.05, 3.63) is 11.6 Å². The van der Waals surface area contributed by atoms with E-state index < -0.39 is 0 Å². The van der Waals surface area contributed by atoms with Gasteiger partial charge in [0.2, 0.25) is 0 Å². The van der Waals surface area contributed by atoms with E-state index in [0.29, 0.717) is 6.42 Å². The Kier molecular flexibility index (Phi) is 5.47. The summed E-state index contributed by atoms with van der Waals surface area (Å²) in [5.41, 5.74) is 1.14. The molecule has 2 fully saturated rings. The summed E-state index contributed by atoms with van der Waals surface area (Å²) in [5.74, 6) is 0.299. The number of aliphatic hydroxyl groups is 1. The molecule has 1 spiro atoms. The normalized spacial score (nSPS) is 38.1. The first kappa shape index (κ1) is 16.9. The van der Waals surface area contributed by atoms with E-state index in [0.717, 1.165) is 19.4 Å². The van der Waals surface area contributed by atoms with Gasteiger partial charge in [0.15, 0.2) is 0 Å². The minimum absolute atomic E-state index is 0.0115. The van der Waals surface area contributed by atoms with Gasteiger partial charge in [-0.1, -0.05) is 18.6 Å². The molecule has 4 heteroatoms. The minimum atomic E-state index is -0.376. The van der Waals surface area contributed by atoms with E-state index in [2.05, 4.69) is 26.8 Å². The van der Waals surface area contributed by atoms with E-state index >= 15 is 0 Å². The van der Waals surface area contributed by atoms with Crippen molar-refractivity contribution in [2.45, 2.75) is 63.9 Å². The van der Waals surface area contributed by atoms with Crippen molar-refractivity contribution < 1.29 is 19.3 Å². The Morgan fingerprint density at radius 3 is 2.52 bits per heavy atom. The van der Waals surface area contributed by atoms with Crippen LogP contribution in [0.1, 0.15) is 40.0 Å². The van der Waals surface area contributed by atoms with Crippen molar-refractivity contribution in [1.82, 2.24) is 0 Å². The van der Waals surface area contributed by atoms with Crippen LogP contribution in [0.3, 0.4) is 0 Å². The number of epoxide rings is 1. The van der Waals surface area contributed by atoms with Crippen LogP contribution in [0.25, 0.3) is 0 Å². The summed E-state index contributed by atoms with van der Waals surface area (Å²) in [6.45, 7) is 7.01. The van der Waals surface area contributed by atoms with E-state index in [1.807, 2.05) is 0 Å². The second-order valence-electron chi connectivity index (χ2n) is 6.84. The van der Waals surface area contributed by atoms with Crippen LogP contribution in [-0.4, -0.2) is 49.8 Å². The molecule has 1 aliphatic heterocycles. The van der Waals surface area contributed by atoms with E-state index in [1.54, 1.807) is 14.2 Å². The van der Waals surface area contributed by atoms with Crippen molar-refractivity contribution in [1.29, 1.82) is 0 Å². The van der Waals surface area contributed by atoms with Gasteiger partial charge in [-0.15, -0.1) is 0 Å². The first-order chi connectivity index (χ1) is 9.95. The highest BCUT2D eigenvalue weighted by Crippen LogP contribution is 2.51. The van der Waals surface area contributed by atoms with Crippen molar-refractivity contribution in [2.24, 2.45) is 11.8 Å². The molecule has 0 radical (unpaired) electrons. The average Bonchev–Trinajstić information content (AvgIpc) is 3.23. The van der Waals surface area contributed by atoms with Crippen molar-refractivity contribution in [3.63, 3.8) is 0 Å². The molecule has 6 unspecified atom stereocenters. The molecule has 4 nitrogen and oxygen atoms in total. The number of rotatable bonds is 6. The Hall–Kier alpha value is -0.420. The zero-order valence-corrected chi connectivity index (χ0v) is 14.0. The van der Waals surface area contributed by atoms with Crippen molar-refractivity contribution in [3.8, 4) is 0 Å². The third-order valence-electron chi connectivity index (χ3n) is 5.21. The van der Waals surface area contributed by atoms with Crippen LogP contribution in [0.4, 0.5) is 0 Å². The second-order valence-corrected chi connectivity index (χ2v) is 6.84. The lowest BCUT2D eigenvalue weighted by Gasteiger charge is -2.44. The standard InChI is InChI=1S/C17H30O4/c1-11(2)6-7-13(18)12(3)15-16(20-5)14(19-4)8-9-17(15)10-21-17/h6,12-16,18H,7-10H2,1-5H3. The highest BCUT2D eigenvalue weighted by atomic mass is 16.6. The molecule has 0 amide bonds. The van der Waals surface area contributed by atoms with Crippen LogP contribution >= 0.6 is 0 Å². The van der Waals surface area contributed by atoms with Crippen molar-refractivity contribution in [2.75, 3.05) is 20.8 Å². The molecule has 1 aliphatic carbocycles. The van der Waals surface area contributed by atoms with Crippen LogP contribution in [0.15, 0.2) is 11.6 Å². The SMILES string of the molecule is COC1CCC2(CO2)C(C(C)C(O)CC=C(C)C)C1OC. The largest absolute Gasteiger partial charge is 0.393 e. The Morgan fingerprint density at radius 1 is 1.38 bits per heavy atom. The van der Waals surface area contributed by atoms with Crippen molar-refractivity contribution >= 4 is 0 Å². The van der Waals surface area contributed by atoms with Crippen LogP contribution in [0.2, 0.25) is 0 Å². The Morgan fingerprint density at radius 2 is 2.05 bits per heavy atom. The average molecular weight is 298 g/mol. The lowest BCUT2D eigenvalue weighted by molar-refractivity contribution is -0.135. The van der Waals surface area contributed by atoms with E-state index in [4.69, 9.17) is 14.2 Å². The molecule has 1 saturated heterocycles. The highest BCUT2D eigenvalue weighted by Gasteiger charge is 2.60. The third-order valence-corrected chi connectivity index (χ3v) is 5.21. The summed E-state index contributed by atoms with van der Waals surface area (Å²) < 4.78 is 17.2. The minimum Gasteiger partial charge on any atom is -0.393 e. The first-order valence-electron chi connectivity index (χ1n) is 7.96. The maximum atomic E-state index is 10.6. The summed E-state index contributed by atoms with van der Waals surface area (Å²) in [4.78, 5) is 0. The number of hydrogen-bond donors (Lipinski definition) is 1. The van der Waals surface area contributed by atoms with Crippen LogP contribution in [0, 0.1) is 11.8 Å². The van der Waals surface area contributed by atoms with Gasteiger partial charge < -0.3 is 19.3 Å². The maximum Gasteiger partial charge on any atom is 0.0974 e. The molecule has 2 rings (SSSR count). The number of methoxy groups -OCH3 is 2. The third kappa shape index (κ3) is 3.50. The fourth-order valence-electron chi connectivity index (χ4n) is 3.82. The van der Waals surface area contributed by atoms with Gasteiger partial charge in [0.05, 0.1) is 30.5 Å². The van der Waals surface area contributed by atoms with Gasteiger partial charge >= 0.3 is 0 Å². The topological polar surface area (TPSA) is 51.2 Å². The Balaban J connectivity index is 2.14. The molecule has 122 valence electrons. The monoisotopic (exact) mass is 298 g/mol. The van der Waals surface area contributed by atoms with Gasteiger partial charge in [-0.25, -0.2) is 0 Å². The molecule has 1 saturated carbocycles. The molecule has 21 heavy (non-hydrogen) atoms. The molecule has 0 aromatic rings. The zero-order chi connectivity index (χ0) is 15.6. The number of aliphatic hydroxyl groups excluding tert-OH is 1. The maximum absolute atomic E-state index is 10.6. The number of allylic oxidation sites excluding steroid dienone is 1. The van der Waals surface area contributed by atoms with Gasteiger partial charge in [-0.3, -0.25) is 0 Å². The lowest BCUT2D eigenvalue weighted by atomic mass is 9.68. The molecule has 1 N–H and O–H groups in total. The quantitative estimate of drug-likeness (QED) is 0.605. The van der Waals surface area contributed by atoms with E-state index in [-0.39, 0.29) is 35.7 Å². The predicted octanol–water partition coefficient (Wildman–Crippen LogP) is 2.55. The van der Waals surface area contributed by atoms with Crippen LogP contribution < -0.4 is 0 Å². The first-order valence-corrected chi connectivity index (χ1v) is 7.96. The Labute approximate surface area is 128 Å². The van der Waals surface area contributed by atoms with Gasteiger partial charge in [-0.2, -0.15) is 0 Å². The van der Waals surface area contributed by atoms with E-state index in [9.17, 15) is 5.11 Å². The van der Waals surface area contributed by atoms with Gasteiger partial charge in [-0.05, 0) is 39.0 Å². The second kappa shape index (κ2) is 6.78. The smallest absolute Gasteiger partial charge is 0.0974 e. The zero-order valence-electron chi connectivity index (χ0n) is 14.0. The fraction of sp³-hybridized carbons (Fsp3) is 0.882. The summed E-state index contributed by atoms with van der Waals surface area (Å²) in [6.07, 6.45) is 4.44. The summed E-state index contributed by atoms with van der Waals surface area (Å²) in [7, 11) is 3.48. The summed E-state index contributed by atoms with van der Waals surface area (Å²) in [6, 6.07) is 0.